The zero-order valence-corrected chi connectivity index (χ0v) is 13.6. The fraction of sp³-hybridized carbons (Fsp3) is 0.417. The molecule has 2 aromatic heterocycles. The van der Waals surface area contributed by atoms with Crippen LogP contribution in [0.4, 0.5) is 5.82 Å². The molecular formula is C12H13ClN4O5S. The summed E-state index contributed by atoms with van der Waals surface area (Å²) in [5.41, 5.74) is 0.597. The van der Waals surface area contributed by atoms with E-state index in [-0.39, 0.29) is 16.6 Å². The number of halogens is 1. The molecule has 9 nitrogen and oxygen atoms in total. The predicted octanol–water partition coefficient (Wildman–Crippen LogP) is 0.402. The van der Waals surface area contributed by atoms with E-state index in [4.69, 9.17) is 20.8 Å². The van der Waals surface area contributed by atoms with E-state index in [0.717, 1.165) is 6.26 Å². The molecule has 0 aromatic carbocycles. The summed E-state index contributed by atoms with van der Waals surface area (Å²) in [5.74, 6) is -0.618. The fourth-order valence-electron chi connectivity index (χ4n) is 2.21. The minimum absolute atomic E-state index is 0.00913. The van der Waals surface area contributed by atoms with Crippen LogP contribution in [0.2, 0.25) is 5.28 Å². The summed E-state index contributed by atoms with van der Waals surface area (Å²) in [5, 5.41) is 0.00913. The highest BCUT2D eigenvalue weighted by Gasteiger charge is 2.23. The third-order valence-corrected chi connectivity index (χ3v) is 3.86. The van der Waals surface area contributed by atoms with Gasteiger partial charge in [0.1, 0.15) is 5.52 Å². The third kappa shape index (κ3) is 3.54. The molecule has 1 saturated heterocycles. The average molecular weight is 361 g/mol. The maximum atomic E-state index is 11.9. The van der Waals surface area contributed by atoms with Crippen LogP contribution < -0.4 is 9.62 Å². The first-order valence-electron chi connectivity index (χ1n) is 6.65. The monoisotopic (exact) mass is 360 g/mol. The van der Waals surface area contributed by atoms with Gasteiger partial charge in [-0.2, -0.15) is 4.98 Å². The minimum atomic E-state index is -3.70. The number of carbonyl (C=O) groups is 1. The molecule has 124 valence electrons. The number of ether oxygens (including phenoxy) is 1. The highest BCUT2D eigenvalue weighted by Crippen LogP contribution is 2.28. The normalized spacial score (nSPS) is 15.8. The highest BCUT2D eigenvalue weighted by molar-refractivity contribution is 7.89. The van der Waals surface area contributed by atoms with Gasteiger partial charge >= 0.3 is 5.91 Å². The van der Waals surface area contributed by atoms with Crippen molar-refractivity contribution < 1.29 is 22.4 Å². The number of nitrogens with zero attached hydrogens (tertiary/aromatic N) is 3. The Morgan fingerprint density at radius 2 is 2.04 bits per heavy atom. The van der Waals surface area contributed by atoms with Crippen LogP contribution in [0.15, 0.2) is 10.5 Å². The SMILES string of the molecule is CS(=O)(=O)NC(=O)c1cc2nc(Cl)nc(N3CCOCC3)c2o1. The van der Waals surface area contributed by atoms with Crippen LogP contribution in [-0.2, 0) is 14.8 Å². The summed E-state index contributed by atoms with van der Waals surface area (Å²) in [7, 11) is -3.70. The second-order valence-corrected chi connectivity index (χ2v) is 7.03. The molecule has 0 bridgehead atoms. The molecule has 11 heteroatoms. The summed E-state index contributed by atoms with van der Waals surface area (Å²) in [6.07, 6.45) is 0.878. The minimum Gasteiger partial charge on any atom is -0.445 e. The van der Waals surface area contributed by atoms with E-state index in [1.165, 1.54) is 6.07 Å². The van der Waals surface area contributed by atoms with Crippen molar-refractivity contribution in [3.63, 3.8) is 0 Å². The van der Waals surface area contributed by atoms with E-state index in [1.54, 1.807) is 0 Å². The van der Waals surface area contributed by atoms with Crippen molar-refractivity contribution in [2.45, 2.75) is 0 Å². The topological polar surface area (TPSA) is 115 Å². The van der Waals surface area contributed by atoms with Crippen molar-refractivity contribution >= 4 is 44.4 Å². The molecular weight excluding hydrogens is 348 g/mol. The molecule has 3 rings (SSSR count). The second kappa shape index (κ2) is 5.95. The smallest absolute Gasteiger partial charge is 0.300 e. The van der Waals surface area contributed by atoms with Gasteiger partial charge in [-0.15, -0.1) is 0 Å². The quantitative estimate of drug-likeness (QED) is 0.782. The lowest BCUT2D eigenvalue weighted by atomic mass is 10.3. The number of aromatic nitrogens is 2. The Hall–Kier alpha value is -1.91. The van der Waals surface area contributed by atoms with Gasteiger partial charge in [-0.3, -0.25) is 4.79 Å². The van der Waals surface area contributed by atoms with Gasteiger partial charge in [-0.05, 0) is 11.6 Å². The summed E-state index contributed by atoms with van der Waals surface area (Å²) < 4.78 is 34.9. The van der Waals surface area contributed by atoms with Crippen molar-refractivity contribution in [3.8, 4) is 0 Å². The molecule has 0 aliphatic carbocycles. The number of amides is 1. The third-order valence-electron chi connectivity index (χ3n) is 3.14. The van der Waals surface area contributed by atoms with E-state index < -0.39 is 15.9 Å². The Kier molecular flexibility index (Phi) is 4.13. The summed E-state index contributed by atoms with van der Waals surface area (Å²) in [4.78, 5) is 22.0. The zero-order valence-electron chi connectivity index (χ0n) is 12.1. The van der Waals surface area contributed by atoms with Crippen LogP contribution in [0.1, 0.15) is 10.6 Å². The summed E-state index contributed by atoms with van der Waals surface area (Å²) in [6, 6.07) is 1.33. The van der Waals surface area contributed by atoms with E-state index in [2.05, 4.69) is 9.97 Å². The molecule has 1 aliphatic heterocycles. The van der Waals surface area contributed by atoms with Crippen LogP contribution in [-0.4, -0.2) is 56.9 Å². The molecule has 1 aliphatic rings. The van der Waals surface area contributed by atoms with Crippen molar-refractivity contribution in [1.29, 1.82) is 0 Å². The second-order valence-electron chi connectivity index (χ2n) is 4.94. The number of carbonyl (C=O) groups excluding carboxylic acids is 1. The summed E-state index contributed by atoms with van der Waals surface area (Å²) in [6.45, 7) is 2.25. The number of hydrogen-bond acceptors (Lipinski definition) is 8. The van der Waals surface area contributed by atoms with E-state index in [9.17, 15) is 13.2 Å². The number of rotatable bonds is 3. The highest BCUT2D eigenvalue weighted by atomic mass is 35.5. The molecule has 0 atom stereocenters. The molecule has 1 fully saturated rings. The molecule has 2 aromatic rings. The van der Waals surface area contributed by atoms with E-state index in [1.807, 2.05) is 9.62 Å². The zero-order chi connectivity index (χ0) is 16.6. The lowest BCUT2D eigenvalue weighted by molar-refractivity contribution is 0.0956. The molecule has 0 unspecified atom stereocenters. The maximum absolute atomic E-state index is 11.9. The first kappa shape index (κ1) is 16.0. The van der Waals surface area contributed by atoms with Crippen LogP contribution in [0, 0.1) is 0 Å². The number of furan rings is 1. The molecule has 1 N–H and O–H groups in total. The van der Waals surface area contributed by atoms with Gasteiger partial charge in [0.25, 0.3) is 0 Å². The van der Waals surface area contributed by atoms with Gasteiger partial charge in [-0.1, -0.05) is 0 Å². The van der Waals surface area contributed by atoms with E-state index in [0.29, 0.717) is 37.6 Å². The van der Waals surface area contributed by atoms with Gasteiger partial charge in [-0.25, -0.2) is 18.1 Å². The van der Waals surface area contributed by atoms with Crippen molar-refractivity contribution in [1.82, 2.24) is 14.7 Å². The lowest BCUT2D eigenvalue weighted by Crippen LogP contribution is -2.36. The number of sulfonamides is 1. The Morgan fingerprint density at radius 1 is 1.35 bits per heavy atom. The van der Waals surface area contributed by atoms with Gasteiger partial charge in [0.2, 0.25) is 15.3 Å². The predicted molar refractivity (Wildman–Crippen MR) is 82.2 cm³/mol. The molecule has 0 radical (unpaired) electrons. The van der Waals surface area contributed by atoms with Crippen LogP contribution in [0.25, 0.3) is 11.1 Å². The van der Waals surface area contributed by atoms with Gasteiger partial charge in [0, 0.05) is 19.2 Å². The maximum Gasteiger partial charge on any atom is 0.300 e. The Bertz CT molecular complexity index is 860. The van der Waals surface area contributed by atoms with Crippen molar-refractivity contribution in [2.75, 3.05) is 37.5 Å². The summed E-state index contributed by atoms with van der Waals surface area (Å²) >= 11 is 5.92. The van der Waals surface area contributed by atoms with Crippen molar-refractivity contribution in [3.05, 3.63) is 17.1 Å². The number of anilines is 1. The van der Waals surface area contributed by atoms with Crippen LogP contribution >= 0.6 is 11.6 Å². The van der Waals surface area contributed by atoms with Gasteiger partial charge in [0.05, 0.1) is 19.5 Å². The number of nitrogens with one attached hydrogen (secondary N) is 1. The first-order valence-corrected chi connectivity index (χ1v) is 8.92. The van der Waals surface area contributed by atoms with Crippen molar-refractivity contribution in [2.24, 2.45) is 0 Å². The molecule has 23 heavy (non-hydrogen) atoms. The van der Waals surface area contributed by atoms with Gasteiger partial charge < -0.3 is 14.1 Å². The molecule has 0 spiro atoms. The fourth-order valence-corrected chi connectivity index (χ4v) is 2.82. The van der Waals surface area contributed by atoms with Crippen LogP contribution in [0.3, 0.4) is 0 Å². The molecule has 3 heterocycles. The Balaban J connectivity index is 2.03. The van der Waals surface area contributed by atoms with Crippen LogP contribution in [0.5, 0.6) is 0 Å². The molecule has 1 amide bonds. The number of hydrogen-bond donors (Lipinski definition) is 1. The lowest BCUT2D eigenvalue weighted by Gasteiger charge is -2.27. The number of morpholine rings is 1. The molecule has 0 saturated carbocycles. The standard InChI is InChI=1S/C12H13ClN4O5S/c1-23(19,20)16-11(18)8-6-7-9(22-8)10(15-12(13)14-7)17-2-4-21-5-3-17/h6H,2-5H2,1H3,(H,16,18). The van der Waals surface area contributed by atoms with E-state index >= 15 is 0 Å². The Labute approximate surface area is 136 Å². The number of fused-ring (bicyclic) bond motifs is 1. The Morgan fingerprint density at radius 3 is 2.70 bits per heavy atom. The van der Waals surface area contributed by atoms with Gasteiger partial charge in [0.15, 0.2) is 17.2 Å². The first-order chi connectivity index (χ1) is 10.8. The average Bonchev–Trinajstić information content (AvgIpc) is 2.89. The largest absolute Gasteiger partial charge is 0.445 e.